The SMILES string of the molecule is OCCCNCCCC1CCCCC1. The highest BCUT2D eigenvalue weighted by molar-refractivity contribution is 4.66. The minimum Gasteiger partial charge on any atom is -0.396 e. The van der Waals surface area contributed by atoms with E-state index < -0.39 is 0 Å². The van der Waals surface area contributed by atoms with Crippen molar-refractivity contribution in [3.05, 3.63) is 0 Å². The summed E-state index contributed by atoms with van der Waals surface area (Å²) in [7, 11) is 0. The molecule has 0 aromatic rings. The monoisotopic (exact) mass is 199 g/mol. The molecule has 14 heavy (non-hydrogen) atoms. The van der Waals surface area contributed by atoms with Crippen LogP contribution in [0.3, 0.4) is 0 Å². The lowest BCUT2D eigenvalue weighted by molar-refractivity contribution is 0.285. The van der Waals surface area contributed by atoms with Gasteiger partial charge in [0.2, 0.25) is 0 Å². The van der Waals surface area contributed by atoms with E-state index in [0.29, 0.717) is 6.61 Å². The lowest BCUT2D eigenvalue weighted by Crippen LogP contribution is -2.18. The van der Waals surface area contributed by atoms with Crippen LogP contribution in [0.15, 0.2) is 0 Å². The Hall–Kier alpha value is -0.0800. The summed E-state index contributed by atoms with van der Waals surface area (Å²) < 4.78 is 0. The van der Waals surface area contributed by atoms with Crippen molar-refractivity contribution in [1.29, 1.82) is 0 Å². The predicted octanol–water partition coefficient (Wildman–Crippen LogP) is 2.32. The van der Waals surface area contributed by atoms with Crippen LogP contribution in [0.4, 0.5) is 0 Å². The maximum absolute atomic E-state index is 8.59. The molecule has 0 aliphatic heterocycles. The lowest BCUT2D eigenvalue weighted by Gasteiger charge is -2.21. The third-order valence-electron chi connectivity index (χ3n) is 3.20. The summed E-state index contributed by atoms with van der Waals surface area (Å²) >= 11 is 0. The van der Waals surface area contributed by atoms with Crippen molar-refractivity contribution in [3.63, 3.8) is 0 Å². The Kier molecular flexibility index (Phi) is 7.06. The van der Waals surface area contributed by atoms with E-state index in [1.54, 1.807) is 0 Å². The van der Waals surface area contributed by atoms with Gasteiger partial charge in [0, 0.05) is 6.61 Å². The molecule has 0 saturated heterocycles. The molecule has 1 aliphatic carbocycles. The normalized spacial score (nSPS) is 18.6. The van der Waals surface area contributed by atoms with Gasteiger partial charge in [-0.05, 0) is 38.3 Å². The van der Waals surface area contributed by atoms with Gasteiger partial charge in [-0.15, -0.1) is 0 Å². The molecular formula is C12H25NO. The van der Waals surface area contributed by atoms with Crippen LogP contribution in [-0.4, -0.2) is 24.8 Å². The zero-order valence-electron chi connectivity index (χ0n) is 9.30. The highest BCUT2D eigenvalue weighted by Crippen LogP contribution is 2.26. The third kappa shape index (κ3) is 5.61. The smallest absolute Gasteiger partial charge is 0.0443 e. The van der Waals surface area contributed by atoms with Gasteiger partial charge in [-0.25, -0.2) is 0 Å². The van der Waals surface area contributed by atoms with Gasteiger partial charge in [-0.3, -0.25) is 0 Å². The molecule has 2 nitrogen and oxygen atoms in total. The minimum absolute atomic E-state index is 0.315. The van der Waals surface area contributed by atoms with Gasteiger partial charge in [-0.2, -0.15) is 0 Å². The number of hydrogen-bond acceptors (Lipinski definition) is 2. The Labute approximate surface area is 88.1 Å². The maximum Gasteiger partial charge on any atom is 0.0443 e. The summed E-state index contributed by atoms with van der Waals surface area (Å²) in [5, 5.41) is 12.0. The average Bonchev–Trinajstić information content (AvgIpc) is 2.25. The highest BCUT2D eigenvalue weighted by atomic mass is 16.3. The number of aliphatic hydroxyl groups excluding tert-OH is 1. The zero-order chi connectivity index (χ0) is 10.1. The molecule has 2 N–H and O–H groups in total. The topological polar surface area (TPSA) is 32.3 Å². The summed E-state index contributed by atoms with van der Waals surface area (Å²) in [6.07, 6.45) is 10.9. The van der Waals surface area contributed by atoms with E-state index in [0.717, 1.165) is 25.4 Å². The molecule has 84 valence electrons. The average molecular weight is 199 g/mol. The Morgan fingerprint density at radius 1 is 1.00 bits per heavy atom. The number of nitrogens with one attached hydrogen (secondary N) is 1. The predicted molar refractivity (Wildman–Crippen MR) is 60.4 cm³/mol. The molecule has 1 fully saturated rings. The van der Waals surface area contributed by atoms with Crippen LogP contribution < -0.4 is 5.32 Å². The van der Waals surface area contributed by atoms with Gasteiger partial charge in [0.25, 0.3) is 0 Å². The minimum atomic E-state index is 0.315. The number of hydrogen-bond donors (Lipinski definition) is 2. The molecule has 0 unspecified atom stereocenters. The summed E-state index contributed by atoms with van der Waals surface area (Å²) in [6.45, 7) is 2.42. The molecule has 0 spiro atoms. The van der Waals surface area contributed by atoms with Crippen molar-refractivity contribution in [2.75, 3.05) is 19.7 Å². The first-order valence-electron chi connectivity index (χ1n) is 6.25. The Bertz CT molecular complexity index is 121. The first-order valence-corrected chi connectivity index (χ1v) is 6.25. The van der Waals surface area contributed by atoms with E-state index >= 15 is 0 Å². The second kappa shape index (κ2) is 8.25. The fourth-order valence-electron chi connectivity index (χ4n) is 2.32. The molecule has 0 radical (unpaired) electrons. The van der Waals surface area contributed by atoms with E-state index in [1.165, 1.54) is 44.9 Å². The lowest BCUT2D eigenvalue weighted by atomic mass is 9.86. The maximum atomic E-state index is 8.59. The summed E-state index contributed by atoms with van der Waals surface area (Å²) in [4.78, 5) is 0. The molecule has 1 rings (SSSR count). The number of rotatable bonds is 7. The van der Waals surface area contributed by atoms with Crippen molar-refractivity contribution in [1.82, 2.24) is 5.32 Å². The zero-order valence-corrected chi connectivity index (χ0v) is 9.30. The van der Waals surface area contributed by atoms with Gasteiger partial charge < -0.3 is 10.4 Å². The molecular weight excluding hydrogens is 174 g/mol. The Morgan fingerprint density at radius 2 is 1.71 bits per heavy atom. The summed E-state index contributed by atoms with van der Waals surface area (Å²) in [5.41, 5.74) is 0. The first-order chi connectivity index (χ1) is 6.93. The van der Waals surface area contributed by atoms with Gasteiger partial charge in [0.1, 0.15) is 0 Å². The van der Waals surface area contributed by atoms with E-state index in [4.69, 9.17) is 5.11 Å². The van der Waals surface area contributed by atoms with Crippen LogP contribution >= 0.6 is 0 Å². The van der Waals surface area contributed by atoms with Crippen molar-refractivity contribution >= 4 is 0 Å². The molecule has 1 aliphatic rings. The van der Waals surface area contributed by atoms with Crippen molar-refractivity contribution in [3.8, 4) is 0 Å². The third-order valence-corrected chi connectivity index (χ3v) is 3.20. The summed E-state index contributed by atoms with van der Waals surface area (Å²) in [5.74, 6) is 1.02. The standard InChI is InChI=1S/C12H25NO/c14-11-5-10-13-9-4-8-12-6-2-1-3-7-12/h12-14H,1-11H2. The fourth-order valence-corrected chi connectivity index (χ4v) is 2.32. The van der Waals surface area contributed by atoms with Crippen LogP contribution in [0.25, 0.3) is 0 Å². The van der Waals surface area contributed by atoms with E-state index in [-0.39, 0.29) is 0 Å². The van der Waals surface area contributed by atoms with Crippen LogP contribution in [0.1, 0.15) is 51.4 Å². The quantitative estimate of drug-likeness (QED) is 0.617. The number of aliphatic hydroxyl groups is 1. The van der Waals surface area contributed by atoms with Crippen molar-refractivity contribution < 1.29 is 5.11 Å². The van der Waals surface area contributed by atoms with Crippen LogP contribution in [0, 0.1) is 5.92 Å². The van der Waals surface area contributed by atoms with E-state index in [9.17, 15) is 0 Å². The molecule has 0 aromatic carbocycles. The second-order valence-corrected chi connectivity index (χ2v) is 4.47. The molecule has 2 heteroatoms. The highest BCUT2D eigenvalue weighted by Gasteiger charge is 2.12. The molecule has 0 aromatic heterocycles. The molecule has 0 atom stereocenters. The van der Waals surface area contributed by atoms with Crippen LogP contribution in [-0.2, 0) is 0 Å². The van der Waals surface area contributed by atoms with E-state index in [1.807, 2.05) is 0 Å². The molecule has 0 amide bonds. The van der Waals surface area contributed by atoms with Crippen molar-refractivity contribution in [2.24, 2.45) is 5.92 Å². The van der Waals surface area contributed by atoms with Crippen molar-refractivity contribution in [2.45, 2.75) is 51.4 Å². The van der Waals surface area contributed by atoms with Gasteiger partial charge in [-0.1, -0.05) is 32.1 Å². The molecule has 1 saturated carbocycles. The largest absolute Gasteiger partial charge is 0.396 e. The van der Waals surface area contributed by atoms with Gasteiger partial charge >= 0.3 is 0 Å². The van der Waals surface area contributed by atoms with Crippen LogP contribution in [0.5, 0.6) is 0 Å². The first kappa shape index (κ1) is 12.0. The van der Waals surface area contributed by atoms with Gasteiger partial charge in [0.05, 0.1) is 0 Å². The Balaban J connectivity index is 1.82. The fraction of sp³-hybridized carbons (Fsp3) is 1.00. The van der Waals surface area contributed by atoms with Gasteiger partial charge in [0.15, 0.2) is 0 Å². The Morgan fingerprint density at radius 3 is 2.43 bits per heavy atom. The van der Waals surface area contributed by atoms with Crippen LogP contribution in [0.2, 0.25) is 0 Å². The second-order valence-electron chi connectivity index (χ2n) is 4.47. The summed E-state index contributed by atoms with van der Waals surface area (Å²) in [6, 6.07) is 0. The molecule has 0 heterocycles. The molecule has 0 bridgehead atoms. The van der Waals surface area contributed by atoms with E-state index in [2.05, 4.69) is 5.32 Å².